The highest BCUT2D eigenvalue weighted by Crippen LogP contribution is 2.43. The Balaban J connectivity index is 1.84. The smallest absolute Gasteiger partial charge is 0.206 e. The molecule has 0 radical (unpaired) electrons. The topological polar surface area (TPSA) is 0 Å². The number of alkyl halides is 3. The highest BCUT2D eigenvalue weighted by Gasteiger charge is 2.34. The molecule has 3 aromatic carbocycles. The zero-order valence-electron chi connectivity index (χ0n) is 14.7. The molecule has 1 aliphatic carbocycles. The Morgan fingerprint density at radius 1 is 0.857 bits per heavy atom. The molecule has 0 N–H and O–H groups in total. The van der Waals surface area contributed by atoms with Gasteiger partial charge in [-0.2, -0.15) is 13.2 Å². The van der Waals surface area contributed by atoms with Crippen LogP contribution in [0.2, 0.25) is 0 Å². The lowest BCUT2D eigenvalue weighted by molar-refractivity contribution is -0.139. The molecule has 0 bridgehead atoms. The van der Waals surface area contributed by atoms with Gasteiger partial charge in [0.25, 0.3) is 0 Å². The van der Waals surface area contributed by atoms with Gasteiger partial charge in [-0.15, -0.1) is 0 Å². The molecule has 0 nitrogen and oxygen atoms in total. The van der Waals surface area contributed by atoms with Crippen molar-refractivity contribution in [3.63, 3.8) is 0 Å². The highest BCUT2D eigenvalue weighted by atomic mass is 19.4. The predicted octanol–water partition coefficient (Wildman–Crippen LogP) is 6.92. The number of hydrogen-bond acceptors (Lipinski definition) is 0. The summed E-state index contributed by atoms with van der Waals surface area (Å²) in [6.45, 7) is 1.99. The van der Waals surface area contributed by atoms with Crippen LogP contribution in [0.5, 0.6) is 0 Å². The first-order valence-corrected chi connectivity index (χ1v) is 8.71. The fourth-order valence-electron chi connectivity index (χ4n) is 3.70. The lowest BCUT2D eigenvalue weighted by Gasteiger charge is -2.13. The summed E-state index contributed by atoms with van der Waals surface area (Å²) < 4.78 is 82.0. The van der Waals surface area contributed by atoms with Crippen molar-refractivity contribution in [2.24, 2.45) is 0 Å². The van der Waals surface area contributed by atoms with Gasteiger partial charge in [0.05, 0.1) is 11.1 Å². The first-order chi connectivity index (χ1) is 13.2. The Morgan fingerprint density at radius 2 is 1.61 bits per heavy atom. The molecule has 0 atom stereocenters. The minimum atomic E-state index is -4.88. The second-order valence-electron chi connectivity index (χ2n) is 6.79. The Labute approximate surface area is 157 Å². The van der Waals surface area contributed by atoms with E-state index < -0.39 is 34.8 Å². The van der Waals surface area contributed by atoms with Crippen molar-refractivity contribution >= 4 is 0 Å². The van der Waals surface area contributed by atoms with Gasteiger partial charge in [-0.05, 0) is 52.4 Å². The van der Waals surface area contributed by atoms with Crippen LogP contribution in [0.4, 0.5) is 26.3 Å². The van der Waals surface area contributed by atoms with Crippen LogP contribution in [-0.2, 0) is 19.0 Å². The molecule has 1 aliphatic rings. The van der Waals surface area contributed by atoms with Crippen molar-refractivity contribution in [2.75, 3.05) is 0 Å². The first-order valence-electron chi connectivity index (χ1n) is 8.71. The molecular weight excluding hydrogens is 378 g/mol. The van der Waals surface area contributed by atoms with Gasteiger partial charge in [0.1, 0.15) is 17.5 Å². The van der Waals surface area contributed by atoms with Crippen molar-refractivity contribution in [3.8, 4) is 22.3 Å². The standard InChI is InChI=1S/C22H14F6/c1-2-11-3-5-14-13(7-11)8-16-15(14)10-19(24)20(21(16)25)12-4-6-17(18(23)9-12)22(26,27)28/h3-7,9-10H,2,8H2,1H3. The van der Waals surface area contributed by atoms with Crippen LogP contribution in [0.3, 0.4) is 0 Å². The Hall–Kier alpha value is -2.76. The van der Waals surface area contributed by atoms with Gasteiger partial charge in [-0.25, -0.2) is 13.2 Å². The summed E-state index contributed by atoms with van der Waals surface area (Å²) in [6, 6.07) is 8.72. The van der Waals surface area contributed by atoms with Crippen LogP contribution in [0, 0.1) is 17.5 Å². The van der Waals surface area contributed by atoms with Crippen LogP contribution >= 0.6 is 0 Å². The summed E-state index contributed by atoms with van der Waals surface area (Å²) in [7, 11) is 0. The lowest BCUT2D eigenvalue weighted by Crippen LogP contribution is -2.08. The van der Waals surface area contributed by atoms with Crippen LogP contribution in [0.25, 0.3) is 22.3 Å². The van der Waals surface area contributed by atoms with E-state index in [4.69, 9.17) is 0 Å². The summed E-state index contributed by atoms with van der Waals surface area (Å²) in [5.74, 6) is -3.38. The van der Waals surface area contributed by atoms with Gasteiger partial charge in [0.2, 0.25) is 0 Å². The molecule has 3 aromatic rings. The van der Waals surface area contributed by atoms with Crippen molar-refractivity contribution in [2.45, 2.75) is 25.9 Å². The fraction of sp³-hybridized carbons (Fsp3) is 0.182. The van der Waals surface area contributed by atoms with E-state index in [9.17, 15) is 22.0 Å². The van der Waals surface area contributed by atoms with Crippen molar-refractivity contribution in [1.29, 1.82) is 0 Å². The summed E-state index contributed by atoms with van der Waals surface area (Å²) in [5.41, 5.74) is 1.08. The fourth-order valence-corrected chi connectivity index (χ4v) is 3.70. The molecule has 0 saturated heterocycles. The molecule has 0 fully saturated rings. The molecule has 0 aromatic heterocycles. The van der Waals surface area contributed by atoms with E-state index in [0.717, 1.165) is 29.2 Å². The van der Waals surface area contributed by atoms with Crippen molar-refractivity contribution in [3.05, 3.63) is 82.2 Å². The third-order valence-corrected chi connectivity index (χ3v) is 5.12. The molecule has 0 heterocycles. The Morgan fingerprint density at radius 3 is 2.25 bits per heavy atom. The summed E-state index contributed by atoms with van der Waals surface area (Å²) in [6.07, 6.45) is -3.83. The van der Waals surface area contributed by atoms with E-state index in [1.165, 1.54) is 6.07 Å². The van der Waals surface area contributed by atoms with Gasteiger partial charge in [-0.1, -0.05) is 31.2 Å². The van der Waals surface area contributed by atoms with Gasteiger partial charge < -0.3 is 0 Å². The molecular formula is C22H14F6. The third kappa shape index (κ3) is 2.87. The molecule has 144 valence electrons. The van der Waals surface area contributed by atoms with E-state index in [0.29, 0.717) is 17.7 Å². The maximum atomic E-state index is 15.1. The second kappa shape index (κ2) is 6.40. The van der Waals surface area contributed by atoms with E-state index in [-0.39, 0.29) is 17.5 Å². The second-order valence-corrected chi connectivity index (χ2v) is 6.79. The predicted molar refractivity (Wildman–Crippen MR) is 94.4 cm³/mol. The zero-order chi connectivity index (χ0) is 20.2. The highest BCUT2D eigenvalue weighted by molar-refractivity contribution is 5.81. The van der Waals surface area contributed by atoms with E-state index in [1.807, 2.05) is 25.1 Å². The SMILES string of the molecule is CCc1ccc2c(c1)Cc1c-2cc(F)c(-c2ccc(C(F)(F)F)c(F)c2)c1F. The summed E-state index contributed by atoms with van der Waals surface area (Å²) in [4.78, 5) is 0. The molecule has 0 spiro atoms. The number of rotatable bonds is 2. The summed E-state index contributed by atoms with van der Waals surface area (Å²) >= 11 is 0. The van der Waals surface area contributed by atoms with E-state index in [2.05, 4.69) is 0 Å². The molecule has 0 saturated carbocycles. The average Bonchev–Trinajstić information content (AvgIpc) is 2.98. The maximum absolute atomic E-state index is 15.1. The van der Waals surface area contributed by atoms with E-state index >= 15 is 4.39 Å². The van der Waals surface area contributed by atoms with Crippen molar-refractivity contribution in [1.82, 2.24) is 0 Å². The van der Waals surface area contributed by atoms with Crippen LogP contribution in [0.1, 0.15) is 29.2 Å². The van der Waals surface area contributed by atoms with Gasteiger partial charge >= 0.3 is 6.18 Å². The van der Waals surface area contributed by atoms with Gasteiger partial charge in [0, 0.05) is 12.0 Å². The number of fused-ring (bicyclic) bond motifs is 3. The molecule has 28 heavy (non-hydrogen) atoms. The molecule has 0 amide bonds. The largest absolute Gasteiger partial charge is 0.419 e. The number of halogens is 6. The van der Waals surface area contributed by atoms with Crippen LogP contribution in [-0.4, -0.2) is 0 Å². The van der Waals surface area contributed by atoms with Crippen molar-refractivity contribution < 1.29 is 26.3 Å². The van der Waals surface area contributed by atoms with Crippen LogP contribution in [0.15, 0.2) is 42.5 Å². The summed E-state index contributed by atoms with van der Waals surface area (Å²) in [5, 5.41) is 0. The quantitative estimate of drug-likeness (QED) is 0.325. The monoisotopic (exact) mass is 392 g/mol. The minimum Gasteiger partial charge on any atom is -0.206 e. The normalized spacial score (nSPS) is 12.8. The Kier molecular flexibility index (Phi) is 4.25. The minimum absolute atomic E-state index is 0.251. The first kappa shape index (κ1) is 18.6. The van der Waals surface area contributed by atoms with Gasteiger partial charge in [-0.3, -0.25) is 0 Å². The molecule has 0 unspecified atom stereocenters. The average molecular weight is 392 g/mol. The molecule has 6 heteroatoms. The number of hydrogen-bond donors (Lipinski definition) is 0. The maximum Gasteiger partial charge on any atom is 0.419 e. The molecule has 4 rings (SSSR count). The van der Waals surface area contributed by atoms with Gasteiger partial charge in [0.15, 0.2) is 0 Å². The molecule has 0 aliphatic heterocycles. The lowest BCUT2D eigenvalue weighted by atomic mass is 9.96. The van der Waals surface area contributed by atoms with E-state index in [1.54, 1.807) is 0 Å². The van der Waals surface area contributed by atoms with Crippen LogP contribution < -0.4 is 0 Å². The zero-order valence-corrected chi connectivity index (χ0v) is 14.7. The number of benzene rings is 3. The Bertz CT molecular complexity index is 1100. The number of aryl methyl sites for hydroxylation is 1. The third-order valence-electron chi connectivity index (χ3n) is 5.12.